The molecule has 0 aliphatic heterocycles. The summed E-state index contributed by atoms with van der Waals surface area (Å²) < 4.78 is 0. The summed E-state index contributed by atoms with van der Waals surface area (Å²) in [5.41, 5.74) is 0.423. The maximum Gasteiger partial charge on any atom is 0.354 e. The van der Waals surface area contributed by atoms with Crippen LogP contribution >= 0.6 is 0 Å². The molecule has 0 saturated heterocycles. The molecule has 0 spiro atoms. The molecule has 1 aromatic carbocycles. The number of nitro benzene ring substituents is 1. The average molecular weight is 273 g/mol. The Kier molecular flexibility index (Phi) is 3.90. The first kappa shape index (κ1) is 13.5. The molecule has 7 heteroatoms. The van der Waals surface area contributed by atoms with E-state index < -0.39 is 10.9 Å². The number of para-hydroxylation sites is 1. The minimum atomic E-state index is -1.13. The second-order valence-corrected chi connectivity index (χ2v) is 3.95. The molecule has 0 fully saturated rings. The Morgan fingerprint density at radius 3 is 2.70 bits per heavy atom. The van der Waals surface area contributed by atoms with Crippen LogP contribution in [-0.4, -0.2) is 21.0 Å². The quantitative estimate of drug-likeness (QED) is 0.639. The topological polar surface area (TPSA) is 105 Å². The average Bonchev–Trinajstić information content (AvgIpc) is 2.45. The van der Waals surface area contributed by atoms with Gasteiger partial charge in [-0.3, -0.25) is 10.1 Å². The molecule has 0 bridgehead atoms. The smallest absolute Gasteiger partial charge is 0.354 e. The van der Waals surface area contributed by atoms with Crippen LogP contribution in [-0.2, 0) is 6.54 Å². The lowest BCUT2D eigenvalue weighted by molar-refractivity contribution is -0.385. The molecule has 2 N–H and O–H groups in total. The zero-order valence-electron chi connectivity index (χ0n) is 10.3. The lowest BCUT2D eigenvalue weighted by atomic mass is 10.2. The zero-order chi connectivity index (χ0) is 14.5. The van der Waals surface area contributed by atoms with Crippen LogP contribution in [0.3, 0.4) is 0 Å². The summed E-state index contributed by atoms with van der Waals surface area (Å²) in [7, 11) is 0. The molecule has 102 valence electrons. The third kappa shape index (κ3) is 3.08. The minimum Gasteiger partial charge on any atom is -0.477 e. The number of aromatic carboxylic acids is 1. The summed E-state index contributed by atoms with van der Waals surface area (Å²) >= 11 is 0. The number of nitrogens with one attached hydrogen (secondary N) is 1. The Bertz CT molecular complexity index is 658. The predicted octanol–water partition coefficient (Wildman–Crippen LogP) is 2.30. The van der Waals surface area contributed by atoms with E-state index in [0.29, 0.717) is 11.4 Å². The van der Waals surface area contributed by atoms with Crippen molar-refractivity contribution < 1.29 is 14.8 Å². The van der Waals surface area contributed by atoms with E-state index in [1.54, 1.807) is 30.3 Å². The van der Waals surface area contributed by atoms with Crippen LogP contribution in [0.25, 0.3) is 0 Å². The van der Waals surface area contributed by atoms with E-state index in [0.717, 1.165) is 0 Å². The van der Waals surface area contributed by atoms with Gasteiger partial charge in [0.25, 0.3) is 5.69 Å². The third-order valence-corrected chi connectivity index (χ3v) is 2.62. The Morgan fingerprint density at radius 2 is 2.00 bits per heavy atom. The molecule has 0 aliphatic rings. The van der Waals surface area contributed by atoms with Gasteiger partial charge in [-0.2, -0.15) is 0 Å². The summed E-state index contributed by atoms with van der Waals surface area (Å²) in [4.78, 5) is 25.1. The highest BCUT2D eigenvalue weighted by molar-refractivity contribution is 5.85. The number of rotatable bonds is 5. The fourth-order valence-electron chi connectivity index (χ4n) is 1.68. The summed E-state index contributed by atoms with van der Waals surface area (Å²) in [5.74, 6) is -0.776. The molecule has 2 rings (SSSR count). The molecule has 1 heterocycles. The molecule has 1 aromatic heterocycles. The summed E-state index contributed by atoms with van der Waals surface area (Å²) in [6.45, 7) is 0.188. The van der Waals surface area contributed by atoms with Crippen LogP contribution in [0.15, 0.2) is 42.5 Å². The van der Waals surface area contributed by atoms with Gasteiger partial charge in [0, 0.05) is 18.2 Å². The van der Waals surface area contributed by atoms with E-state index in [4.69, 9.17) is 5.11 Å². The second kappa shape index (κ2) is 5.79. The maximum absolute atomic E-state index is 10.9. The van der Waals surface area contributed by atoms with Crippen LogP contribution in [0.1, 0.15) is 16.1 Å². The Balaban J connectivity index is 2.15. The van der Waals surface area contributed by atoms with Crippen LogP contribution in [0.2, 0.25) is 0 Å². The number of carboxylic acids is 1. The van der Waals surface area contributed by atoms with Gasteiger partial charge < -0.3 is 10.4 Å². The van der Waals surface area contributed by atoms with Gasteiger partial charge in [-0.1, -0.05) is 24.3 Å². The molecule has 0 amide bonds. The number of pyridine rings is 1. The van der Waals surface area contributed by atoms with Crippen molar-refractivity contribution >= 4 is 17.5 Å². The first-order valence-electron chi connectivity index (χ1n) is 5.74. The number of aromatic nitrogens is 1. The molecular weight excluding hydrogens is 262 g/mol. The minimum absolute atomic E-state index is 0.00869. The molecule has 0 atom stereocenters. The van der Waals surface area contributed by atoms with Gasteiger partial charge in [0.2, 0.25) is 0 Å². The normalized spacial score (nSPS) is 10.0. The van der Waals surface area contributed by atoms with Gasteiger partial charge in [-0.05, 0) is 12.1 Å². The summed E-state index contributed by atoms with van der Waals surface area (Å²) in [5, 5.41) is 22.6. The van der Waals surface area contributed by atoms with Crippen molar-refractivity contribution in [2.24, 2.45) is 0 Å². The first-order valence-corrected chi connectivity index (χ1v) is 5.74. The number of carboxylic acid groups (broad SMARTS) is 1. The largest absolute Gasteiger partial charge is 0.477 e. The standard InChI is InChI=1S/C13H11N3O4/c17-13(18)10-5-3-7-12(15-10)14-8-9-4-1-2-6-11(9)16(19)20/h1-7H,8H2,(H,14,15)(H,17,18). The number of nitrogens with zero attached hydrogens (tertiary/aromatic N) is 2. The second-order valence-electron chi connectivity index (χ2n) is 3.95. The van der Waals surface area contributed by atoms with Gasteiger partial charge in [-0.25, -0.2) is 9.78 Å². The Labute approximate surface area is 114 Å². The molecule has 0 saturated carbocycles. The fraction of sp³-hybridized carbons (Fsp3) is 0.0769. The van der Waals surface area contributed by atoms with Crippen molar-refractivity contribution in [3.05, 3.63) is 63.8 Å². The number of anilines is 1. The number of benzene rings is 1. The Morgan fingerprint density at radius 1 is 1.25 bits per heavy atom. The molecule has 0 radical (unpaired) electrons. The van der Waals surface area contributed by atoms with Crippen molar-refractivity contribution in [1.82, 2.24) is 4.98 Å². The van der Waals surface area contributed by atoms with Crippen molar-refractivity contribution in [1.29, 1.82) is 0 Å². The number of nitro groups is 1. The van der Waals surface area contributed by atoms with Crippen molar-refractivity contribution in [3.8, 4) is 0 Å². The van der Waals surface area contributed by atoms with Crippen molar-refractivity contribution in [3.63, 3.8) is 0 Å². The monoisotopic (exact) mass is 273 g/mol. The van der Waals surface area contributed by atoms with Crippen molar-refractivity contribution in [2.75, 3.05) is 5.32 Å². The molecule has 7 nitrogen and oxygen atoms in total. The lowest BCUT2D eigenvalue weighted by Gasteiger charge is -2.06. The van der Waals surface area contributed by atoms with Crippen molar-refractivity contribution in [2.45, 2.75) is 6.54 Å². The molecular formula is C13H11N3O4. The fourth-order valence-corrected chi connectivity index (χ4v) is 1.68. The molecule has 2 aromatic rings. The van der Waals surface area contributed by atoms with Gasteiger partial charge in [0.15, 0.2) is 5.69 Å². The highest BCUT2D eigenvalue weighted by atomic mass is 16.6. The van der Waals surface area contributed by atoms with Gasteiger partial charge >= 0.3 is 5.97 Å². The van der Waals surface area contributed by atoms with E-state index in [-0.39, 0.29) is 17.9 Å². The summed E-state index contributed by atoms with van der Waals surface area (Å²) in [6, 6.07) is 10.9. The highest BCUT2D eigenvalue weighted by Crippen LogP contribution is 2.18. The highest BCUT2D eigenvalue weighted by Gasteiger charge is 2.12. The van der Waals surface area contributed by atoms with E-state index in [2.05, 4.69) is 10.3 Å². The Hall–Kier alpha value is -2.96. The van der Waals surface area contributed by atoms with Crippen LogP contribution < -0.4 is 5.32 Å². The van der Waals surface area contributed by atoms with E-state index in [1.165, 1.54) is 12.1 Å². The lowest BCUT2D eigenvalue weighted by Crippen LogP contribution is -2.07. The zero-order valence-corrected chi connectivity index (χ0v) is 10.3. The summed E-state index contributed by atoms with van der Waals surface area (Å²) in [6.07, 6.45) is 0. The SMILES string of the molecule is O=C(O)c1cccc(NCc2ccccc2[N+](=O)[O-])n1. The third-order valence-electron chi connectivity index (χ3n) is 2.62. The maximum atomic E-state index is 10.9. The molecule has 20 heavy (non-hydrogen) atoms. The first-order chi connectivity index (χ1) is 9.58. The predicted molar refractivity (Wildman–Crippen MR) is 71.6 cm³/mol. The van der Waals surface area contributed by atoms with Crippen LogP contribution in [0, 0.1) is 10.1 Å². The van der Waals surface area contributed by atoms with E-state index >= 15 is 0 Å². The molecule has 0 unspecified atom stereocenters. The van der Waals surface area contributed by atoms with Crippen LogP contribution in [0.4, 0.5) is 11.5 Å². The van der Waals surface area contributed by atoms with E-state index in [9.17, 15) is 14.9 Å². The van der Waals surface area contributed by atoms with Crippen LogP contribution in [0.5, 0.6) is 0 Å². The van der Waals surface area contributed by atoms with Gasteiger partial charge in [-0.15, -0.1) is 0 Å². The van der Waals surface area contributed by atoms with Gasteiger partial charge in [0.05, 0.1) is 4.92 Å². The van der Waals surface area contributed by atoms with E-state index in [1.807, 2.05) is 0 Å². The molecule has 0 aliphatic carbocycles. The number of carbonyl (C=O) groups is 1. The number of hydrogen-bond acceptors (Lipinski definition) is 5. The number of hydrogen-bond donors (Lipinski definition) is 2. The van der Waals surface area contributed by atoms with Gasteiger partial charge in [0.1, 0.15) is 5.82 Å².